The Morgan fingerprint density at radius 2 is 2.11 bits per heavy atom. The number of hydrogen-bond acceptors (Lipinski definition) is 2. The van der Waals surface area contributed by atoms with Crippen molar-refractivity contribution in [1.29, 1.82) is 0 Å². The molecule has 0 aliphatic rings. The highest BCUT2D eigenvalue weighted by molar-refractivity contribution is 9.10. The van der Waals surface area contributed by atoms with Crippen LogP contribution in [0.3, 0.4) is 0 Å². The van der Waals surface area contributed by atoms with Gasteiger partial charge in [0.1, 0.15) is 0 Å². The summed E-state index contributed by atoms with van der Waals surface area (Å²) in [5, 5.41) is 8.65. The molecule has 1 aromatic heterocycles. The van der Waals surface area contributed by atoms with E-state index in [-0.39, 0.29) is 6.04 Å². The van der Waals surface area contributed by atoms with E-state index in [1.54, 1.807) is 0 Å². The van der Waals surface area contributed by atoms with E-state index < -0.39 is 0 Å². The Labute approximate surface area is 127 Å². The summed E-state index contributed by atoms with van der Waals surface area (Å²) < 4.78 is 2.96. The van der Waals surface area contributed by atoms with Crippen molar-refractivity contribution in [2.75, 3.05) is 0 Å². The van der Waals surface area contributed by atoms with E-state index in [2.05, 4.69) is 33.3 Å². The summed E-state index contributed by atoms with van der Waals surface area (Å²) in [4.78, 5) is 0. The molecule has 0 fully saturated rings. The second kappa shape index (κ2) is 6.07. The molecule has 0 amide bonds. The molecule has 0 aliphatic heterocycles. The molecule has 2 rings (SSSR count). The summed E-state index contributed by atoms with van der Waals surface area (Å²) in [6.07, 6.45) is 0. The molecule has 1 atom stereocenters. The van der Waals surface area contributed by atoms with Crippen molar-refractivity contribution in [2.24, 2.45) is 7.05 Å². The van der Waals surface area contributed by atoms with Crippen LogP contribution in [0.1, 0.15) is 29.9 Å². The van der Waals surface area contributed by atoms with Gasteiger partial charge in [0.25, 0.3) is 0 Å². The third-order valence-electron chi connectivity index (χ3n) is 3.21. The van der Waals surface area contributed by atoms with Crippen molar-refractivity contribution in [2.45, 2.75) is 26.4 Å². The van der Waals surface area contributed by atoms with Crippen molar-refractivity contribution < 1.29 is 0 Å². The Balaban J connectivity index is 2.09. The van der Waals surface area contributed by atoms with Crippen molar-refractivity contribution >= 4 is 27.5 Å². The van der Waals surface area contributed by atoms with Gasteiger partial charge in [0.15, 0.2) is 0 Å². The zero-order valence-electron chi connectivity index (χ0n) is 11.2. The summed E-state index contributed by atoms with van der Waals surface area (Å²) >= 11 is 9.77. The lowest BCUT2D eigenvalue weighted by atomic mass is 10.1. The fourth-order valence-electron chi connectivity index (χ4n) is 2.06. The maximum atomic E-state index is 6.20. The second-order valence-electron chi connectivity index (χ2n) is 4.59. The monoisotopic (exact) mass is 341 g/mol. The first kappa shape index (κ1) is 14.6. The molecule has 19 heavy (non-hydrogen) atoms. The first-order valence-electron chi connectivity index (χ1n) is 6.16. The molecule has 0 spiro atoms. The fourth-order valence-corrected chi connectivity index (χ4v) is 2.83. The first-order chi connectivity index (χ1) is 9.00. The summed E-state index contributed by atoms with van der Waals surface area (Å²) in [5.74, 6) is 0. The SMILES string of the molecule is Cc1nn(C)c(CN[C@@H](C)c2ccccc2Cl)c1Br. The molecule has 5 heteroatoms. The molecular weight excluding hydrogens is 326 g/mol. The number of halogens is 2. The quantitative estimate of drug-likeness (QED) is 0.910. The lowest BCUT2D eigenvalue weighted by Gasteiger charge is -2.16. The van der Waals surface area contributed by atoms with Gasteiger partial charge in [0.2, 0.25) is 0 Å². The molecule has 102 valence electrons. The zero-order chi connectivity index (χ0) is 14.0. The number of aryl methyl sites for hydroxylation is 2. The summed E-state index contributed by atoms with van der Waals surface area (Å²) in [6, 6.07) is 8.10. The molecule has 0 unspecified atom stereocenters. The maximum absolute atomic E-state index is 6.20. The fraction of sp³-hybridized carbons (Fsp3) is 0.357. The van der Waals surface area contributed by atoms with E-state index in [0.717, 1.165) is 33.0 Å². The average molecular weight is 343 g/mol. The topological polar surface area (TPSA) is 29.9 Å². The number of nitrogens with one attached hydrogen (secondary N) is 1. The van der Waals surface area contributed by atoms with Crippen LogP contribution in [-0.4, -0.2) is 9.78 Å². The number of nitrogens with zero attached hydrogens (tertiary/aromatic N) is 2. The van der Waals surface area contributed by atoms with E-state index in [4.69, 9.17) is 11.6 Å². The molecule has 3 nitrogen and oxygen atoms in total. The van der Waals surface area contributed by atoms with Gasteiger partial charge < -0.3 is 5.32 Å². The van der Waals surface area contributed by atoms with E-state index in [0.29, 0.717) is 0 Å². The highest BCUT2D eigenvalue weighted by Gasteiger charge is 2.13. The van der Waals surface area contributed by atoms with Crippen LogP contribution in [0.15, 0.2) is 28.7 Å². The Kier molecular flexibility index (Phi) is 4.66. The summed E-state index contributed by atoms with van der Waals surface area (Å²) in [5.41, 5.74) is 3.25. The normalized spacial score (nSPS) is 12.7. The zero-order valence-corrected chi connectivity index (χ0v) is 13.6. The standard InChI is InChI=1S/C14H17BrClN3/c1-9(11-6-4-5-7-12(11)16)17-8-13-14(15)10(2)18-19(13)3/h4-7,9,17H,8H2,1-3H3/t9-/m0/s1. The molecule has 0 saturated carbocycles. The molecule has 1 heterocycles. The van der Waals surface area contributed by atoms with Crippen molar-refractivity contribution in [1.82, 2.24) is 15.1 Å². The minimum atomic E-state index is 0.191. The lowest BCUT2D eigenvalue weighted by molar-refractivity contribution is 0.547. The molecule has 0 bridgehead atoms. The largest absolute Gasteiger partial charge is 0.304 e. The third kappa shape index (κ3) is 3.19. The van der Waals surface area contributed by atoms with Gasteiger partial charge in [-0.15, -0.1) is 0 Å². The van der Waals surface area contributed by atoms with Gasteiger partial charge in [-0.05, 0) is 41.4 Å². The van der Waals surface area contributed by atoms with Gasteiger partial charge in [0.05, 0.1) is 15.9 Å². The van der Waals surface area contributed by atoms with Gasteiger partial charge in [-0.25, -0.2) is 0 Å². The number of hydrogen-bond donors (Lipinski definition) is 1. The number of aromatic nitrogens is 2. The number of benzene rings is 1. The molecule has 0 saturated heterocycles. The van der Waals surface area contributed by atoms with Crippen LogP contribution < -0.4 is 5.32 Å². The Hall–Kier alpha value is -0.840. The van der Waals surface area contributed by atoms with Crippen molar-refractivity contribution in [3.63, 3.8) is 0 Å². The van der Waals surface area contributed by atoms with E-state index in [9.17, 15) is 0 Å². The number of rotatable bonds is 4. The average Bonchev–Trinajstić information content (AvgIpc) is 2.61. The van der Waals surface area contributed by atoms with Gasteiger partial charge in [-0.1, -0.05) is 29.8 Å². The Bertz CT molecular complexity index is 580. The van der Waals surface area contributed by atoms with E-state index in [1.807, 2.05) is 42.9 Å². The van der Waals surface area contributed by atoms with Crippen LogP contribution in [-0.2, 0) is 13.6 Å². The minimum Gasteiger partial charge on any atom is -0.304 e. The predicted octanol–water partition coefficient (Wildman–Crippen LogP) is 4.00. The van der Waals surface area contributed by atoms with Crippen LogP contribution >= 0.6 is 27.5 Å². The van der Waals surface area contributed by atoms with Gasteiger partial charge in [-0.2, -0.15) is 5.10 Å². The first-order valence-corrected chi connectivity index (χ1v) is 7.33. The van der Waals surface area contributed by atoms with Crippen LogP contribution in [0.2, 0.25) is 5.02 Å². The summed E-state index contributed by atoms with van der Waals surface area (Å²) in [6.45, 7) is 4.84. The molecule has 2 aromatic rings. The van der Waals surface area contributed by atoms with E-state index >= 15 is 0 Å². The maximum Gasteiger partial charge on any atom is 0.0739 e. The van der Waals surface area contributed by atoms with Gasteiger partial charge in [0, 0.05) is 24.7 Å². The second-order valence-corrected chi connectivity index (χ2v) is 5.79. The van der Waals surface area contributed by atoms with Crippen LogP contribution in [0.4, 0.5) is 0 Å². The van der Waals surface area contributed by atoms with Crippen LogP contribution in [0, 0.1) is 6.92 Å². The minimum absolute atomic E-state index is 0.191. The van der Waals surface area contributed by atoms with E-state index in [1.165, 1.54) is 0 Å². The molecule has 0 aliphatic carbocycles. The van der Waals surface area contributed by atoms with Gasteiger partial charge >= 0.3 is 0 Å². The Morgan fingerprint density at radius 3 is 2.68 bits per heavy atom. The highest BCUT2D eigenvalue weighted by atomic mass is 79.9. The Morgan fingerprint density at radius 1 is 1.42 bits per heavy atom. The highest BCUT2D eigenvalue weighted by Crippen LogP contribution is 2.24. The van der Waals surface area contributed by atoms with Crippen molar-refractivity contribution in [3.05, 3.63) is 50.7 Å². The van der Waals surface area contributed by atoms with Crippen LogP contribution in [0.5, 0.6) is 0 Å². The molecule has 1 N–H and O–H groups in total. The lowest BCUT2D eigenvalue weighted by Crippen LogP contribution is -2.20. The predicted molar refractivity (Wildman–Crippen MR) is 82.4 cm³/mol. The summed E-state index contributed by atoms with van der Waals surface area (Å²) in [7, 11) is 1.95. The van der Waals surface area contributed by atoms with Crippen molar-refractivity contribution in [3.8, 4) is 0 Å². The molecule has 0 radical (unpaired) electrons. The smallest absolute Gasteiger partial charge is 0.0739 e. The third-order valence-corrected chi connectivity index (χ3v) is 4.58. The molecular formula is C14H17BrClN3. The van der Waals surface area contributed by atoms with Crippen LogP contribution in [0.25, 0.3) is 0 Å². The molecule has 1 aromatic carbocycles. The van der Waals surface area contributed by atoms with Gasteiger partial charge in [-0.3, -0.25) is 4.68 Å².